The zero-order valence-corrected chi connectivity index (χ0v) is 6.10. The molecular formula is C7H14FN. The predicted molar refractivity (Wildman–Crippen MR) is 36.2 cm³/mol. The number of halogens is 1. The molecule has 0 saturated carbocycles. The summed E-state index contributed by atoms with van der Waals surface area (Å²) in [6.45, 7) is 2.75. The molecule has 1 aliphatic rings. The Morgan fingerprint density at radius 3 is 2.56 bits per heavy atom. The van der Waals surface area contributed by atoms with E-state index in [1.807, 2.05) is 7.05 Å². The van der Waals surface area contributed by atoms with Gasteiger partial charge in [-0.2, -0.15) is 0 Å². The van der Waals surface area contributed by atoms with Crippen molar-refractivity contribution in [3.63, 3.8) is 0 Å². The van der Waals surface area contributed by atoms with Crippen LogP contribution < -0.4 is 0 Å². The first-order chi connectivity index (χ1) is 4.24. The molecule has 1 fully saturated rings. The van der Waals surface area contributed by atoms with Gasteiger partial charge in [0.05, 0.1) is 0 Å². The molecule has 0 aliphatic carbocycles. The minimum Gasteiger partial charge on any atom is -0.300 e. The summed E-state index contributed by atoms with van der Waals surface area (Å²) in [6.07, 6.45) is 1.25. The molecule has 2 heteroatoms. The average Bonchev–Trinajstić information content (AvgIpc) is 2.10. The summed E-state index contributed by atoms with van der Waals surface area (Å²) in [5, 5.41) is 0. The van der Waals surface area contributed by atoms with Gasteiger partial charge in [-0.3, -0.25) is 0 Å². The SMILES string of the molecule is CCC1CC(F)CN1C. The molecule has 1 nitrogen and oxygen atoms in total. The van der Waals surface area contributed by atoms with Crippen molar-refractivity contribution in [3.05, 3.63) is 0 Å². The van der Waals surface area contributed by atoms with Crippen LogP contribution in [0.4, 0.5) is 4.39 Å². The Balaban J connectivity index is 2.38. The Bertz CT molecular complexity index is 94.9. The van der Waals surface area contributed by atoms with Crippen molar-refractivity contribution >= 4 is 0 Å². The molecule has 1 heterocycles. The van der Waals surface area contributed by atoms with E-state index in [9.17, 15) is 4.39 Å². The first-order valence-corrected chi connectivity index (χ1v) is 3.58. The van der Waals surface area contributed by atoms with E-state index in [2.05, 4.69) is 11.8 Å². The van der Waals surface area contributed by atoms with Crippen LogP contribution >= 0.6 is 0 Å². The van der Waals surface area contributed by atoms with Crippen molar-refractivity contribution in [2.75, 3.05) is 13.6 Å². The summed E-state index contributed by atoms with van der Waals surface area (Å²) in [6, 6.07) is 0.500. The van der Waals surface area contributed by atoms with Crippen molar-refractivity contribution in [1.82, 2.24) is 4.90 Å². The molecule has 0 spiro atoms. The van der Waals surface area contributed by atoms with Crippen molar-refractivity contribution in [2.45, 2.75) is 32.0 Å². The molecule has 0 aromatic rings. The first-order valence-electron chi connectivity index (χ1n) is 3.58. The lowest BCUT2D eigenvalue weighted by atomic mass is 10.2. The summed E-state index contributed by atoms with van der Waals surface area (Å²) in [4.78, 5) is 2.10. The number of likely N-dealkylation sites (tertiary alicyclic amines) is 1. The van der Waals surface area contributed by atoms with Gasteiger partial charge in [0.25, 0.3) is 0 Å². The van der Waals surface area contributed by atoms with E-state index in [-0.39, 0.29) is 0 Å². The quantitative estimate of drug-likeness (QED) is 0.520. The van der Waals surface area contributed by atoms with E-state index < -0.39 is 6.17 Å². The Hall–Kier alpha value is -0.110. The van der Waals surface area contributed by atoms with Crippen molar-refractivity contribution in [3.8, 4) is 0 Å². The monoisotopic (exact) mass is 131 g/mol. The third kappa shape index (κ3) is 1.42. The van der Waals surface area contributed by atoms with Gasteiger partial charge in [0.2, 0.25) is 0 Å². The second kappa shape index (κ2) is 2.65. The number of hydrogen-bond donors (Lipinski definition) is 0. The van der Waals surface area contributed by atoms with Gasteiger partial charge in [0.15, 0.2) is 0 Å². The van der Waals surface area contributed by atoms with Gasteiger partial charge < -0.3 is 4.90 Å². The van der Waals surface area contributed by atoms with Crippen LogP contribution in [-0.4, -0.2) is 30.7 Å². The molecule has 1 rings (SSSR count). The van der Waals surface area contributed by atoms with E-state index in [4.69, 9.17) is 0 Å². The molecule has 0 bridgehead atoms. The molecule has 0 aromatic carbocycles. The molecule has 2 atom stereocenters. The van der Waals surface area contributed by atoms with Crippen LogP contribution in [0.5, 0.6) is 0 Å². The van der Waals surface area contributed by atoms with Crippen LogP contribution in [0.15, 0.2) is 0 Å². The second-order valence-corrected chi connectivity index (χ2v) is 2.83. The highest BCUT2D eigenvalue weighted by Crippen LogP contribution is 2.19. The fraction of sp³-hybridized carbons (Fsp3) is 1.00. The van der Waals surface area contributed by atoms with Crippen molar-refractivity contribution < 1.29 is 4.39 Å². The van der Waals surface area contributed by atoms with E-state index in [0.29, 0.717) is 12.6 Å². The van der Waals surface area contributed by atoms with Gasteiger partial charge in [-0.1, -0.05) is 6.92 Å². The minimum absolute atomic E-state index is 0.500. The van der Waals surface area contributed by atoms with Crippen LogP contribution in [0.2, 0.25) is 0 Å². The molecule has 0 N–H and O–H groups in total. The van der Waals surface area contributed by atoms with Gasteiger partial charge in [-0.25, -0.2) is 4.39 Å². The van der Waals surface area contributed by atoms with Crippen LogP contribution in [0.1, 0.15) is 19.8 Å². The van der Waals surface area contributed by atoms with Crippen LogP contribution in [0, 0.1) is 0 Å². The summed E-state index contributed by atoms with van der Waals surface area (Å²) in [5.74, 6) is 0. The highest BCUT2D eigenvalue weighted by molar-refractivity contribution is 4.81. The maximum absolute atomic E-state index is 12.6. The van der Waals surface area contributed by atoms with Gasteiger partial charge in [0, 0.05) is 12.6 Å². The van der Waals surface area contributed by atoms with Crippen LogP contribution in [-0.2, 0) is 0 Å². The third-order valence-corrected chi connectivity index (χ3v) is 2.11. The van der Waals surface area contributed by atoms with Crippen molar-refractivity contribution in [1.29, 1.82) is 0 Å². The van der Waals surface area contributed by atoms with Gasteiger partial charge >= 0.3 is 0 Å². The van der Waals surface area contributed by atoms with E-state index >= 15 is 0 Å². The van der Waals surface area contributed by atoms with Gasteiger partial charge in [0.1, 0.15) is 6.17 Å². The van der Waals surface area contributed by atoms with Crippen molar-refractivity contribution in [2.24, 2.45) is 0 Å². The highest BCUT2D eigenvalue weighted by atomic mass is 19.1. The molecule has 2 unspecified atom stereocenters. The molecular weight excluding hydrogens is 117 g/mol. The molecule has 0 radical (unpaired) electrons. The lowest BCUT2D eigenvalue weighted by molar-refractivity contribution is 0.290. The first kappa shape index (κ1) is 7.00. The summed E-state index contributed by atoms with van der Waals surface area (Å²) >= 11 is 0. The van der Waals surface area contributed by atoms with Gasteiger partial charge in [-0.05, 0) is 19.9 Å². The third-order valence-electron chi connectivity index (χ3n) is 2.11. The second-order valence-electron chi connectivity index (χ2n) is 2.83. The molecule has 0 amide bonds. The standard InChI is InChI=1S/C7H14FN/c1-3-7-4-6(8)5-9(7)2/h6-7H,3-5H2,1-2H3. The Labute approximate surface area is 55.8 Å². The van der Waals surface area contributed by atoms with E-state index in [1.165, 1.54) is 0 Å². The fourth-order valence-corrected chi connectivity index (χ4v) is 1.49. The lowest BCUT2D eigenvalue weighted by Gasteiger charge is -2.15. The Morgan fingerprint density at radius 2 is 2.33 bits per heavy atom. The Morgan fingerprint density at radius 1 is 1.67 bits per heavy atom. The van der Waals surface area contributed by atoms with E-state index in [0.717, 1.165) is 12.8 Å². The summed E-state index contributed by atoms with van der Waals surface area (Å²) in [5.41, 5.74) is 0. The largest absolute Gasteiger partial charge is 0.300 e. The number of alkyl halides is 1. The summed E-state index contributed by atoms with van der Waals surface area (Å²) < 4.78 is 12.6. The summed E-state index contributed by atoms with van der Waals surface area (Å²) in [7, 11) is 1.99. The molecule has 54 valence electrons. The topological polar surface area (TPSA) is 3.24 Å². The van der Waals surface area contributed by atoms with Crippen LogP contribution in [0.25, 0.3) is 0 Å². The smallest absolute Gasteiger partial charge is 0.114 e. The molecule has 0 aromatic heterocycles. The fourth-order valence-electron chi connectivity index (χ4n) is 1.49. The number of rotatable bonds is 1. The lowest BCUT2D eigenvalue weighted by Crippen LogP contribution is -2.23. The number of hydrogen-bond acceptors (Lipinski definition) is 1. The van der Waals surface area contributed by atoms with E-state index in [1.54, 1.807) is 0 Å². The highest BCUT2D eigenvalue weighted by Gasteiger charge is 2.27. The maximum Gasteiger partial charge on any atom is 0.114 e. The molecule has 1 saturated heterocycles. The minimum atomic E-state index is -0.569. The zero-order valence-electron chi connectivity index (χ0n) is 6.10. The zero-order chi connectivity index (χ0) is 6.85. The average molecular weight is 131 g/mol. The Kier molecular flexibility index (Phi) is 2.06. The van der Waals surface area contributed by atoms with Gasteiger partial charge in [-0.15, -0.1) is 0 Å². The molecule has 9 heavy (non-hydrogen) atoms. The molecule has 1 aliphatic heterocycles. The maximum atomic E-state index is 12.6. The van der Waals surface area contributed by atoms with Crippen LogP contribution in [0.3, 0.4) is 0 Å². The predicted octanol–water partition coefficient (Wildman–Crippen LogP) is 1.44. The number of nitrogens with zero attached hydrogens (tertiary/aromatic N) is 1. The normalized spacial score (nSPS) is 37.7.